The van der Waals surface area contributed by atoms with Gasteiger partial charge in [0.1, 0.15) is 0 Å². The maximum atomic E-state index is 9.05. The van der Waals surface area contributed by atoms with Gasteiger partial charge in [-0.15, -0.1) is 0 Å². The molecule has 0 amide bonds. The number of nitrogens with zero attached hydrogens (tertiary/aromatic N) is 1. The average Bonchev–Trinajstić information content (AvgIpc) is 2.79. The van der Waals surface area contributed by atoms with Gasteiger partial charge >= 0.3 is 0 Å². The van der Waals surface area contributed by atoms with Crippen LogP contribution in [0.1, 0.15) is 44.9 Å². The summed E-state index contributed by atoms with van der Waals surface area (Å²) in [6.45, 7) is 4.83. The molecule has 1 aliphatic carbocycles. The molecule has 100 valence electrons. The van der Waals surface area contributed by atoms with Crippen molar-refractivity contribution in [2.75, 3.05) is 32.8 Å². The maximum absolute atomic E-state index is 9.05. The summed E-state index contributed by atoms with van der Waals surface area (Å²) in [5.74, 6) is 0.713. The molecule has 1 heterocycles. The van der Waals surface area contributed by atoms with Gasteiger partial charge in [0, 0.05) is 19.7 Å². The molecule has 2 aliphatic rings. The van der Waals surface area contributed by atoms with Gasteiger partial charge in [0.25, 0.3) is 0 Å². The fraction of sp³-hybridized carbons (Fsp3) is 1.00. The van der Waals surface area contributed by atoms with E-state index in [2.05, 4.69) is 4.90 Å². The van der Waals surface area contributed by atoms with E-state index in [9.17, 15) is 0 Å². The van der Waals surface area contributed by atoms with Crippen LogP contribution in [0.5, 0.6) is 0 Å². The SMILES string of the molecule is NCC1(CN2CCCC(CCO)C2)CCCC1. The molecule has 0 aromatic rings. The lowest BCUT2D eigenvalue weighted by Crippen LogP contribution is -2.45. The first kappa shape index (κ1) is 13.3. The molecule has 3 heteroatoms. The minimum atomic E-state index is 0.348. The number of likely N-dealkylation sites (tertiary alicyclic amines) is 1. The molecule has 0 spiro atoms. The third-order valence-electron chi connectivity index (χ3n) is 4.80. The first-order valence-corrected chi connectivity index (χ1v) is 7.31. The molecule has 3 N–H and O–H groups in total. The number of rotatable bonds is 5. The average molecular weight is 240 g/mol. The Morgan fingerprint density at radius 3 is 2.65 bits per heavy atom. The van der Waals surface area contributed by atoms with Gasteiger partial charge in [-0.1, -0.05) is 12.8 Å². The summed E-state index contributed by atoms with van der Waals surface area (Å²) in [5, 5.41) is 9.05. The topological polar surface area (TPSA) is 49.5 Å². The Balaban J connectivity index is 1.85. The molecule has 1 atom stereocenters. The highest BCUT2D eigenvalue weighted by atomic mass is 16.3. The molecule has 17 heavy (non-hydrogen) atoms. The van der Waals surface area contributed by atoms with E-state index < -0.39 is 0 Å². The monoisotopic (exact) mass is 240 g/mol. The molecule has 0 bridgehead atoms. The van der Waals surface area contributed by atoms with Crippen LogP contribution >= 0.6 is 0 Å². The first-order valence-electron chi connectivity index (χ1n) is 7.31. The number of nitrogens with two attached hydrogens (primary N) is 1. The van der Waals surface area contributed by atoms with Gasteiger partial charge < -0.3 is 15.7 Å². The summed E-state index contributed by atoms with van der Waals surface area (Å²) in [4.78, 5) is 2.61. The number of hydrogen-bond acceptors (Lipinski definition) is 3. The van der Waals surface area contributed by atoms with E-state index in [0.717, 1.165) is 13.0 Å². The lowest BCUT2D eigenvalue weighted by atomic mass is 9.84. The van der Waals surface area contributed by atoms with Gasteiger partial charge in [-0.2, -0.15) is 0 Å². The highest BCUT2D eigenvalue weighted by molar-refractivity contribution is 4.89. The van der Waals surface area contributed by atoms with E-state index in [1.165, 1.54) is 58.2 Å². The number of aliphatic hydroxyl groups excluding tert-OH is 1. The van der Waals surface area contributed by atoms with Crippen molar-refractivity contribution in [2.45, 2.75) is 44.9 Å². The molecule has 3 nitrogen and oxygen atoms in total. The zero-order valence-corrected chi connectivity index (χ0v) is 11.0. The van der Waals surface area contributed by atoms with E-state index in [1.807, 2.05) is 0 Å². The molecular formula is C14H28N2O. The van der Waals surface area contributed by atoms with E-state index in [4.69, 9.17) is 10.8 Å². The number of hydrogen-bond donors (Lipinski definition) is 2. The molecule has 0 radical (unpaired) electrons. The summed E-state index contributed by atoms with van der Waals surface area (Å²) >= 11 is 0. The van der Waals surface area contributed by atoms with Crippen LogP contribution in [0.15, 0.2) is 0 Å². The molecule has 1 unspecified atom stereocenters. The fourth-order valence-corrected chi connectivity index (χ4v) is 3.74. The number of aliphatic hydroxyl groups is 1. The number of piperidine rings is 1. The predicted octanol–water partition coefficient (Wildman–Crippen LogP) is 1.60. The lowest BCUT2D eigenvalue weighted by molar-refractivity contribution is 0.0976. The van der Waals surface area contributed by atoms with Crippen molar-refractivity contribution >= 4 is 0 Å². The Hall–Kier alpha value is -0.120. The Morgan fingerprint density at radius 2 is 2.00 bits per heavy atom. The largest absolute Gasteiger partial charge is 0.396 e. The van der Waals surface area contributed by atoms with Crippen LogP contribution in [0.4, 0.5) is 0 Å². The summed E-state index contributed by atoms with van der Waals surface area (Å²) < 4.78 is 0. The van der Waals surface area contributed by atoms with Gasteiger partial charge in [-0.3, -0.25) is 0 Å². The minimum absolute atomic E-state index is 0.348. The molecule has 2 rings (SSSR count). The van der Waals surface area contributed by atoms with E-state index in [-0.39, 0.29) is 0 Å². The molecular weight excluding hydrogens is 212 g/mol. The Labute approximate surface area is 105 Å². The van der Waals surface area contributed by atoms with Crippen LogP contribution in [0.3, 0.4) is 0 Å². The summed E-state index contributed by atoms with van der Waals surface area (Å²) in [6, 6.07) is 0. The highest BCUT2D eigenvalue weighted by Gasteiger charge is 2.35. The zero-order valence-electron chi connectivity index (χ0n) is 11.0. The van der Waals surface area contributed by atoms with Gasteiger partial charge in [-0.25, -0.2) is 0 Å². The van der Waals surface area contributed by atoms with Crippen molar-refractivity contribution in [1.82, 2.24) is 4.90 Å². The van der Waals surface area contributed by atoms with Crippen molar-refractivity contribution < 1.29 is 5.11 Å². The highest BCUT2D eigenvalue weighted by Crippen LogP contribution is 2.38. The van der Waals surface area contributed by atoms with Crippen LogP contribution in [-0.2, 0) is 0 Å². The Kier molecular flexibility index (Phi) is 4.83. The van der Waals surface area contributed by atoms with Crippen LogP contribution in [0.2, 0.25) is 0 Å². The minimum Gasteiger partial charge on any atom is -0.396 e. The third kappa shape index (κ3) is 3.43. The fourth-order valence-electron chi connectivity index (χ4n) is 3.74. The molecule has 0 aromatic heterocycles. The van der Waals surface area contributed by atoms with E-state index in [0.29, 0.717) is 17.9 Å². The van der Waals surface area contributed by atoms with E-state index in [1.54, 1.807) is 0 Å². The van der Waals surface area contributed by atoms with Crippen molar-refractivity contribution in [3.8, 4) is 0 Å². The molecule has 1 aliphatic heterocycles. The van der Waals surface area contributed by atoms with Gasteiger partial charge in [0.15, 0.2) is 0 Å². The molecule has 1 saturated carbocycles. The van der Waals surface area contributed by atoms with E-state index >= 15 is 0 Å². The quantitative estimate of drug-likeness (QED) is 0.767. The van der Waals surface area contributed by atoms with Gasteiger partial charge in [-0.05, 0) is 56.5 Å². The normalized spacial score (nSPS) is 29.6. The summed E-state index contributed by atoms with van der Waals surface area (Å²) in [7, 11) is 0. The Bertz CT molecular complexity index is 224. The van der Waals surface area contributed by atoms with Crippen molar-refractivity contribution in [3.63, 3.8) is 0 Å². The van der Waals surface area contributed by atoms with Crippen molar-refractivity contribution in [3.05, 3.63) is 0 Å². The standard InChI is InChI=1S/C14H28N2O/c15-11-14(6-1-2-7-14)12-16-8-3-4-13(10-16)5-9-17/h13,17H,1-12,15H2. The van der Waals surface area contributed by atoms with Gasteiger partial charge in [0.05, 0.1) is 0 Å². The molecule has 1 saturated heterocycles. The molecule has 2 fully saturated rings. The second-order valence-electron chi connectivity index (χ2n) is 6.17. The summed E-state index contributed by atoms with van der Waals surface area (Å²) in [5.41, 5.74) is 6.43. The second kappa shape index (κ2) is 6.17. The molecule has 0 aromatic carbocycles. The second-order valence-corrected chi connectivity index (χ2v) is 6.17. The maximum Gasteiger partial charge on any atom is 0.0434 e. The lowest BCUT2D eigenvalue weighted by Gasteiger charge is -2.39. The van der Waals surface area contributed by atoms with Gasteiger partial charge in [0.2, 0.25) is 0 Å². The smallest absolute Gasteiger partial charge is 0.0434 e. The van der Waals surface area contributed by atoms with Crippen LogP contribution in [-0.4, -0.2) is 42.8 Å². The van der Waals surface area contributed by atoms with Crippen LogP contribution in [0.25, 0.3) is 0 Å². The third-order valence-corrected chi connectivity index (χ3v) is 4.80. The van der Waals surface area contributed by atoms with Crippen LogP contribution < -0.4 is 5.73 Å². The Morgan fingerprint density at radius 1 is 1.24 bits per heavy atom. The first-order chi connectivity index (χ1) is 8.28. The van der Waals surface area contributed by atoms with Crippen molar-refractivity contribution in [2.24, 2.45) is 17.1 Å². The predicted molar refractivity (Wildman–Crippen MR) is 70.8 cm³/mol. The zero-order chi connectivity index (χ0) is 12.1. The van der Waals surface area contributed by atoms with Crippen LogP contribution in [0, 0.1) is 11.3 Å². The van der Waals surface area contributed by atoms with Crippen molar-refractivity contribution in [1.29, 1.82) is 0 Å². The summed E-state index contributed by atoms with van der Waals surface area (Å²) in [6.07, 6.45) is 8.95.